The van der Waals surface area contributed by atoms with E-state index < -0.39 is 21.0 Å². The van der Waals surface area contributed by atoms with E-state index in [-0.39, 0.29) is 32.8 Å². The normalized spacial score (nSPS) is 13.3. The van der Waals surface area contributed by atoms with Crippen LogP contribution in [0.25, 0.3) is 0 Å². The van der Waals surface area contributed by atoms with Gasteiger partial charge in [0.05, 0.1) is 9.92 Å². The van der Waals surface area contributed by atoms with Crippen molar-refractivity contribution in [2.24, 2.45) is 10.9 Å². The lowest BCUT2D eigenvalue weighted by molar-refractivity contribution is 0.300. The van der Waals surface area contributed by atoms with Crippen LogP contribution in [0.1, 0.15) is 16.8 Å². The Kier molecular flexibility index (Phi) is 5.58. The van der Waals surface area contributed by atoms with E-state index in [1.165, 1.54) is 24.3 Å². The molecule has 2 aromatic carbocycles. The van der Waals surface area contributed by atoms with Gasteiger partial charge in [-0.3, -0.25) is 0 Å². The number of hydrogen-bond donors (Lipinski definition) is 3. The number of nitrogens with zero attached hydrogens (tertiary/aromatic N) is 3. The summed E-state index contributed by atoms with van der Waals surface area (Å²) >= 11 is 5.71. The maximum Gasteiger partial charge on any atom is 0.201 e. The van der Waals surface area contributed by atoms with Crippen LogP contribution in [0.5, 0.6) is 0 Å². The number of oxime groups is 1. The van der Waals surface area contributed by atoms with Crippen molar-refractivity contribution in [3.8, 4) is 0 Å². The van der Waals surface area contributed by atoms with Crippen LogP contribution in [-0.2, 0) is 9.84 Å². The van der Waals surface area contributed by atoms with Crippen LogP contribution in [-0.4, -0.2) is 29.8 Å². The van der Waals surface area contributed by atoms with Gasteiger partial charge in [0, 0.05) is 5.69 Å². The van der Waals surface area contributed by atoms with Crippen molar-refractivity contribution >= 4 is 33.0 Å². The van der Waals surface area contributed by atoms with Crippen LogP contribution in [0.15, 0.2) is 63.2 Å². The summed E-state index contributed by atoms with van der Waals surface area (Å²) < 4.78 is 43.3. The Labute approximate surface area is 163 Å². The Morgan fingerprint density at radius 1 is 1.25 bits per heavy atom. The predicted octanol–water partition coefficient (Wildman–Crippen LogP) is 2.54. The second-order valence-electron chi connectivity index (χ2n) is 5.48. The van der Waals surface area contributed by atoms with Crippen molar-refractivity contribution in [1.29, 1.82) is 0 Å². The quantitative estimate of drug-likeness (QED) is 0.245. The summed E-state index contributed by atoms with van der Waals surface area (Å²) in [5.74, 6) is -0.966. The fraction of sp³-hybridized carbons (Fsp3) is 0.0625. The molecule has 0 aliphatic heterocycles. The first-order valence-corrected chi connectivity index (χ1v) is 9.58. The fourth-order valence-electron chi connectivity index (χ4n) is 2.29. The fourth-order valence-corrected chi connectivity index (χ4v) is 3.75. The number of aromatic nitrogens is 2. The zero-order chi connectivity index (χ0) is 20.3. The summed E-state index contributed by atoms with van der Waals surface area (Å²) in [5.41, 5.74) is 5.62. The zero-order valence-corrected chi connectivity index (χ0v) is 15.5. The molecule has 0 saturated heterocycles. The lowest BCUT2D eigenvalue weighted by atomic mass is 10.2. The van der Waals surface area contributed by atoms with E-state index in [4.69, 9.17) is 17.3 Å². The summed E-state index contributed by atoms with van der Waals surface area (Å²) in [5, 5.41) is 20.3. The van der Waals surface area contributed by atoms with E-state index in [9.17, 15) is 18.0 Å². The van der Waals surface area contributed by atoms with E-state index in [0.717, 1.165) is 6.07 Å². The third kappa shape index (κ3) is 3.81. The average molecular weight is 426 g/mol. The molecular weight excluding hydrogens is 413 g/mol. The minimum Gasteiger partial charge on any atom is -0.409 e. The predicted molar refractivity (Wildman–Crippen MR) is 98.2 cm³/mol. The maximum atomic E-state index is 13.3. The van der Waals surface area contributed by atoms with Crippen molar-refractivity contribution in [2.45, 2.75) is 10.3 Å². The number of benzene rings is 2. The zero-order valence-electron chi connectivity index (χ0n) is 14.0. The van der Waals surface area contributed by atoms with Gasteiger partial charge in [-0.2, -0.15) is 0 Å². The summed E-state index contributed by atoms with van der Waals surface area (Å²) in [6, 6.07) is 11.1. The maximum absolute atomic E-state index is 13.3. The summed E-state index contributed by atoms with van der Waals surface area (Å²) in [4.78, 5) is -0.0304. The molecule has 9 nitrogen and oxygen atoms in total. The van der Waals surface area contributed by atoms with Crippen LogP contribution < -0.4 is 11.1 Å². The Hall–Kier alpha value is -3.02. The van der Waals surface area contributed by atoms with Gasteiger partial charge in [0.15, 0.2) is 20.9 Å². The molecule has 0 radical (unpaired) electrons. The van der Waals surface area contributed by atoms with E-state index in [1.807, 2.05) is 0 Å². The van der Waals surface area contributed by atoms with Gasteiger partial charge in [-0.05, 0) is 35.5 Å². The molecule has 3 aromatic rings. The summed E-state index contributed by atoms with van der Waals surface area (Å²) in [6.07, 6.45) is 0. The van der Waals surface area contributed by atoms with Crippen molar-refractivity contribution < 1.29 is 22.6 Å². The first-order chi connectivity index (χ1) is 13.3. The number of hydrogen-bond acceptors (Lipinski definition) is 8. The molecule has 4 N–H and O–H groups in total. The van der Waals surface area contributed by atoms with Gasteiger partial charge in [-0.25, -0.2) is 17.4 Å². The second-order valence-corrected chi connectivity index (χ2v) is 7.96. The highest BCUT2D eigenvalue weighted by molar-refractivity contribution is 7.91. The van der Waals surface area contributed by atoms with Crippen LogP contribution in [0.4, 0.5) is 10.1 Å². The van der Waals surface area contributed by atoms with E-state index in [2.05, 4.69) is 25.4 Å². The molecule has 0 bridgehead atoms. The molecule has 1 unspecified atom stereocenters. The molecule has 0 spiro atoms. The number of sulfone groups is 1. The summed E-state index contributed by atoms with van der Waals surface area (Å²) in [7, 11) is -4.03. The summed E-state index contributed by atoms with van der Waals surface area (Å²) in [6.45, 7) is 0. The molecule has 0 amide bonds. The molecule has 1 heterocycles. The SMILES string of the molecule is NC(c1nonc1/C(=N/O)Nc1ccc(F)c(Cl)c1)S(=O)(=O)c1ccccc1. The van der Waals surface area contributed by atoms with Gasteiger partial charge < -0.3 is 16.3 Å². The van der Waals surface area contributed by atoms with E-state index >= 15 is 0 Å². The lowest BCUT2D eigenvalue weighted by Crippen LogP contribution is -2.26. The third-order valence-electron chi connectivity index (χ3n) is 3.70. The number of rotatable bonds is 5. The highest BCUT2D eigenvalue weighted by Gasteiger charge is 2.33. The Morgan fingerprint density at radius 2 is 1.96 bits per heavy atom. The minimum absolute atomic E-state index is 0.0304. The molecule has 0 fully saturated rings. The smallest absolute Gasteiger partial charge is 0.201 e. The number of halogens is 2. The van der Waals surface area contributed by atoms with Crippen LogP contribution in [0.3, 0.4) is 0 Å². The van der Waals surface area contributed by atoms with Crippen LogP contribution in [0.2, 0.25) is 5.02 Å². The first-order valence-electron chi connectivity index (χ1n) is 7.66. The monoisotopic (exact) mass is 425 g/mol. The van der Waals surface area contributed by atoms with Crippen molar-refractivity contribution in [1.82, 2.24) is 10.3 Å². The third-order valence-corrected chi connectivity index (χ3v) is 5.81. The van der Waals surface area contributed by atoms with E-state index in [0.29, 0.717) is 0 Å². The molecular formula is C16H13ClFN5O4S. The first kappa shape index (κ1) is 19.7. The van der Waals surface area contributed by atoms with Gasteiger partial charge in [-0.1, -0.05) is 40.1 Å². The topological polar surface area (TPSA) is 144 Å². The molecule has 0 aliphatic rings. The molecule has 0 aliphatic carbocycles. The van der Waals surface area contributed by atoms with Crippen molar-refractivity contribution in [3.05, 3.63) is 70.8 Å². The van der Waals surface area contributed by atoms with Gasteiger partial charge in [0.2, 0.25) is 5.84 Å². The van der Waals surface area contributed by atoms with Crippen molar-refractivity contribution in [3.63, 3.8) is 0 Å². The Bertz CT molecular complexity index is 1120. The van der Waals surface area contributed by atoms with Gasteiger partial charge in [-0.15, -0.1) is 0 Å². The van der Waals surface area contributed by atoms with Gasteiger partial charge >= 0.3 is 0 Å². The average Bonchev–Trinajstić information content (AvgIpc) is 3.18. The van der Waals surface area contributed by atoms with Gasteiger partial charge in [0.1, 0.15) is 11.5 Å². The Morgan fingerprint density at radius 3 is 2.61 bits per heavy atom. The number of nitrogens with one attached hydrogen (secondary N) is 1. The Balaban J connectivity index is 1.94. The standard InChI is InChI=1S/C16H13ClFN5O4S/c17-11-8-9(6-7-12(11)18)20-16(21-24)14-13(22-27-23-14)15(19)28(25,26)10-4-2-1-3-5-10/h1-8,15,24H,19H2,(H,20,21). The van der Waals surface area contributed by atoms with Crippen LogP contribution >= 0.6 is 11.6 Å². The number of anilines is 1. The second kappa shape index (κ2) is 7.92. The highest BCUT2D eigenvalue weighted by Crippen LogP contribution is 2.26. The highest BCUT2D eigenvalue weighted by atomic mass is 35.5. The van der Waals surface area contributed by atoms with E-state index in [1.54, 1.807) is 18.2 Å². The molecule has 146 valence electrons. The molecule has 3 rings (SSSR count). The minimum atomic E-state index is -4.03. The molecule has 1 aromatic heterocycles. The molecule has 12 heteroatoms. The lowest BCUT2D eigenvalue weighted by Gasteiger charge is -2.12. The molecule has 28 heavy (non-hydrogen) atoms. The van der Waals surface area contributed by atoms with Crippen LogP contribution in [0, 0.1) is 5.82 Å². The number of nitrogens with two attached hydrogens (primary N) is 1. The van der Waals surface area contributed by atoms with Crippen molar-refractivity contribution in [2.75, 3.05) is 5.32 Å². The molecule has 1 atom stereocenters. The van der Waals surface area contributed by atoms with Gasteiger partial charge in [0.25, 0.3) is 0 Å². The largest absolute Gasteiger partial charge is 0.409 e. The number of amidine groups is 1. The molecule has 0 saturated carbocycles.